The van der Waals surface area contributed by atoms with Crippen molar-refractivity contribution in [2.24, 2.45) is 4.99 Å². The normalized spacial score (nSPS) is 20.8. The summed E-state index contributed by atoms with van der Waals surface area (Å²) in [4.78, 5) is 4.09. The average Bonchev–Trinajstić information content (AvgIpc) is 2.40. The third-order valence-electron chi connectivity index (χ3n) is 3.06. The van der Waals surface area contributed by atoms with E-state index in [1.165, 1.54) is 4.31 Å². The second-order valence-electron chi connectivity index (χ2n) is 4.37. The molecule has 1 aromatic carbocycles. The SMILES string of the molecule is CC1CNCCN1S(=O)(=O)c1ccc(N=C=S)cc1. The van der Waals surface area contributed by atoms with Crippen LogP contribution in [0.25, 0.3) is 0 Å². The Bertz CT molecular complexity index is 592. The van der Waals surface area contributed by atoms with Crippen molar-refractivity contribution >= 4 is 33.1 Å². The van der Waals surface area contributed by atoms with Gasteiger partial charge in [0.05, 0.1) is 15.7 Å². The minimum absolute atomic E-state index is 0.0441. The highest BCUT2D eigenvalue weighted by molar-refractivity contribution is 7.89. The lowest BCUT2D eigenvalue weighted by molar-refractivity contribution is 0.284. The number of thiocarbonyl (C=S) groups is 1. The zero-order valence-electron chi connectivity index (χ0n) is 10.5. The number of aliphatic imine (C=N–C) groups is 1. The van der Waals surface area contributed by atoms with Crippen LogP contribution in [0.3, 0.4) is 0 Å². The number of rotatable bonds is 3. The number of hydrogen-bond donors (Lipinski definition) is 1. The van der Waals surface area contributed by atoms with Crippen LogP contribution in [0.1, 0.15) is 6.92 Å². The second kappa shape index (κ2) is 5.90. The average molecular weight is 297 g/mol. The molecule has 1 atom stereocenters. The van der Waals surface area contributed by atoms with Crippen LogP contribution in [0, 0.1) is 0 Å². The van der Waals surface area contributed by atoms with Crippen molar-refractivity contribution in [1.29, 1.82) is 0 Å². The van der Waals surface area contributed by atoms with E-state index >= 15 is 0 Å². The molecule has 2 rings (SSSR count). The number of piperazine rings is 1. The van der Waals surface area contributed by atoms with Gasteiger partial charge in [-0.15, -0.1) is 0 Å². The Morgan fingerprint density at radius 2 is 2.11 bits per heavy atom. The van der Waals surface area contributed by atoms with Gasteiger partial charge < -0.3 is 5.32 Å². The molecule has 19 heavy (non-hydrogen) atoms. The first-order chi connectivity index (χ1) is 9.05. The van der Waals surface area contributed by atoms with Crippen molar-refractivity contribution in [2.75, 3.05) is 19.6 Å². The molecular weight excluding hydrogens is 282 g/mol. The molecule has 1 aromatic rings. The molecule has 1 unspecified atom stereocenters. The first-order valence-electron chi connectivity index (χ1n) is 5.96. The molecule has 7 heteroatoms. The molecule has 1 saturated heterocycles. The van der Waals surface area contributed by atoms with Gasteiger partial charge in [-0.3, -0.25) is 0 Å². The van der Waals surface area contributed by atoms with Gasteiger partial charge in [0.25, 0.3) is 0 Å². The number of nitrogens with zero attached hydrogens (tertiary/aromatic N) is 2. The molecule has 1 aliphatic rings. The monoisotopic (exact) mass is 297 g/mol. The van der Waals surface area contributed by atoms with Crippen molar-refractivity contribution in [1.82, 2.24) is 9.62 Å². The highest BCUT2D eigenvalue weighted by Crippen LogP contribution is 2.21. The number of sulfonamides is 1. The van der Waals surface area contributed by atoms with Crippen LogP contribution in [-0.2, 0) is 10.0 Å². The first-order valence-corrected chi connectivity index (χ1v) is 7.81. The van der Waals surface area contributed by atoms with Crippen LogP contribution in [0.5, 0.6) is 0 Å². The first kappa shape index (κ1) is 14.3. The number of isothiocyanates is 1. The van der Waals surface area contributed by atoms with Crippen LogP contribution in [0.15, 0.2) is 34.2 Å². The lowest BCUT2D eigenvalue weighted by Gasteiger charge is -2.32. The molecule has 1 heterocycles. The van der Waals surface area contributed by atoms with Gasteiger partial charge in [0.15, 0.2) is 0 Å². The Labute approximate surface area is 118 Å². The van der Waals surface area contributed by atoms with Crippen molar-refractivity contribution < 1.29 is 8.42 Å². The fourth-order valence-corrected chi connectivity index (χ4v) is 3.80. The van der Waals surface area contributed by atoms with Crippen LogP contribution in [-0.4, -0.2) is 43.6 Å². The molecule has 1 aliphatic heterocycles. The van der Waals surface area contributed by atoms with Crippen molar-refractivity contribution in [3.63, 3.8) is 0 Å². The smallest absolute Gasteiger partial charge is 0.243 e. The maximum absolute atomic E-state index is 12.5. The Morgan fingerprint density at radius 1 is 1.42 bits per heavy atom. The standard InChI is InChI=1S/C12H15N3O2S2/c1-10-8-13-6-7-15(10)19(16,17)12-4-2-11(3-5-12)14-9-18/h2-5,10,13H,6-8H2,1H3. The Hall–Kier alpha value is -1.11. The van der Waals surface area contributed by atoms with E-state index in [-0.39, 0.29) is 10.9 Å². The molecule has 102 valence electrons. The van der Waals surface area contributed by atoms with Gasteiger partial charge in [-0.25, -0.2) is 8.42 Å². The third-order valence-corrected chi connectivity index (χ3v) is 5.18. The predicted molar refractivity (Wildman–Crippen MR) is 77.4 cm³/mol. The predicted octanol–water partition coefficient (Wildman–Crippen LogP) is 1.40. The molecular formula is C12H15N3O2S2. The lowest BCUT2D eigenvalue weighted by Crippen LogP contribution is -2.52. The number of nitrogens with one attached hydrogen (secondary N) is 1. The summed E-state index contributed by atoms with van der Waals surface area (Å²) < 4.78 is 26.5. The maximum Gasteiger partial charge on any atom is 0.243 e. The molecule has 1 fully saturated rings. The van der Waals surface area contributed by atoms with E-state index in [1.54, 1.807) is 24.3 Å². The molecule has 5 nitrogen and oxygen atoms in total. The summed E-state index contributed by atoms with van der Waals surface area (Å²) in [5.41, 5.74) is 0.599. The van der Waals surface area contributed by atoms with Crippen LogP contribution in [0.2, 0.25) is 0 Å². The lowest BCUT2D eigenvalue weighted by atomic mass is 10.3. The summed E-state index contributed by atoms with van der Waals surface area (Å²) >= 11 is 4.51. The maximum atomic E-state index is 12.5. The summed E-state index contributed by atoms with van der Waals surface area (Å²) in [6.45, 7) is 3.74. The molecule has 0 aromatic heterocycles. The van der Waals surface area contributed by atoms with E-state index < -0.39 is 10.0 Å². The zero-order valence-corrected chi connectivity index (χ0v) is 12.2. The number of benzene rings is 1. The second-order valence-corrected chi connectivity index (χ2v) is 6.44. The van der Waals surface area contributed by atoms with E-state index in [1.807, 2.05) is 6.92 Å². The van der Waals surface area contributed by atoms with Gasteiger partial charge in [-0.1, -0.05) is 0 Å². The molecule has 0 saturated carbocycles. The summed E-state index contributed by atoms with van der Waals surface area (Å²) in [6, 6.07) is 6.31. The minimum atomic E-state index is -3.44. The number of hydrogen-bond acceptors (Lipinski definition) is 5. The van der Waals surface area contributed by atoms with Crippen molar-refractivity contribution in [2.45, 2.75) is 17.9 Å². The highest BCUT2D eigenvalue weighted by Gasteiger charge is 2.30. The molecule has 0 bridgehead atoms. The summed E-state index contributed by atoms with van der Waals surface area (Å²) in [5.74, 6) is 0. The molecule has 0 spiro atoms. The van der Waals surface area contributed by atoms with E-state index in [0.717, 1.165) is 0 Å². The Morgan fingerprint density at radius 3 is 2.68 bits per heavy atom. The summed E-state index contributed by atoms with van der Waals surface area (Å²) in [7, 11) is -3.44. The topological polar surface area (TPSA) is 61.8 Å². The van der Waals surface area contributed by atoms with E-state index in [4.69, 9.17) is 0 Å². The Kier molecular flexibility index (Phi) is 4.44. The molecule has 0 aliphatic carbocycles. The summed E-state index contributed by atoms with van der Waals surface area (Å²) in [5, 5.41) is 5.43. The third kappa shape index (κ3) is 3.08. The van der Waals surface area contributed by atoms with Crippen LogP contribution in [0.4, 0.5) is 5.69 Å². The van der Waals surface area contributed by atoms with Crippen molar-refractivity contribution in [3.8, 4) is 0 Å². The fourth-order valence-electron chi connectivity index (χ4n) is 2.06. The van der Waals surface area contributed by atoms with Crippen LogP contribution < -0.4 is 5.32 Å². The largest absolute Gasteiger partial charge is 0.314 e. The van der Waals surface area contributed by atoms with Gasteiger partial charge in [-0.2, -0.15) is 9.30 Å². The van der Waals surface area contributed by atoms with E-state index in [9.17, 15) is 8.42 Å². The van der Waals surface area contributed by atoms with Gasteiger partial charge in [0.2, 0.25) is 10.0 Å². The van der Waals surface area contributed by atoms with E-state index in [0.29, 0.717) is 25.3 Å². The zero-order chi connectivity index (χ0) is 13.9. The molecule has 0 radical (unpaired) electrons. The van der Waals surface area contributed by atoms with Crippen molar-refractivity contribution in [3.05, 3.63) is 24.3 Å². The molecule has 0 amide bonds. The Balaban J connectivity index is 2.30. The quantitative estimate of drug-likeness (QED) is 0.677. The van der Waals surface area contributed by atoms with Crippen LogP contribution >= 0.6 is 12.2 Å². The van der Waals surface area contributed by atoms with E-state index in [2.05, 4.69) is 27.7 Å². The highest BCUT2D eigenvalue weighted by atomic mass is 32.2. The van der Waals surface area contributed by atoms with Gasteiger partial charge >= 0.3 is 0 Å². The fraction of sp³-hybridized carbons (Fsp3) is 0.417. The molecule has 1 N–H and O–H groups in total. The van der Waals surface area contributed by atoms with Gasteiger partial charge in [0.1, 0.15) is 0 Å². The minimum Gasteiger partial charge on any atom is -0.314 e. The van der Waals surface area contributed by atoms with Gasteiger partial charge in [0, 0.05) is 25.7 Å². The van der Waals surface area contributed by atoms with Gasteiger partial charge in [-0.05, 0) is 43.4 Å². The summed E-state index contributed by atoms with van der Waals surface area (Å²) in [6.07, 6.45) is 0.